The summed E-state index contributed by atoms with van der Waals surface area (Å²) in [6, 6.07) is 6.05. The maximum Gasteiger partial charge on any atom is 0.313 e. The van der Waals surface area contributed by atoms with Gasteiger partial charge < -0.3 is 14.7 Å². The number of morpholine rings is 1. The number of carbonyl (C=O) groups is 2. The summed E-state index contributed by atoms with van der Waals surface area (Å²) in [5.74, 6) is -2.05. The molecule has 0 spiro atoms. The minimum absolute atomic E-state index is 0.0630. The van der Waals surface area contributed by atoms with Crippen LogP contribution >= 0.6 is 11.3 Å². The Hall–Kier alpha value is -2.99. The molecular weight excluding hydrogens is 425 g/mol. The van der Waals surface area contributed by atoms with Gasteiger partial charge in [0, 0.05) is 13.0 Å². The van der Waals surface area contributed by atoms with Crippen molar-refractivity contribution in [2.45, 2.75) is 12.6 Å². The van der Waals surface area contributed by atoms with E-state index in [4.69, 9.17) is 4.74 Å². The molecule has 2 aliphatic heterocycles. The molecule has 1 saturated heterocycles. The number of nitrogens with zero attached hydrogens (tertiary/aromatic N) is 3. The van der Waals surface area contributed by atoms with Gasteiger partial charge in [0.25, 0.3) is 0 Å². The molecule has 11 heteroatoms. The third kappa shape index (κ3) is 4.39. The molecule has 31 heavy (non-hydrogen) atoms. The van der Waals surface area contributed by atoms with E-state index in [0.29, 0.717) is 36.2 Å². The highest BCUT2D eigenvalue weighted by molar-refractivity contribution is 7.12. The topological polar surface area (TPSA) is 121 Å². The molecule has 1 unspecified atom stereocenters. The third-order valence-corrected chi connectivity index (χ3v) is 6.01. The maximum atomic E-state index is 13.1. The summed E-state index contributed by atoms with van der Waals surface area (Å²) in [6.45, 7) is 1.06. The van der Waals surface area contributed by atoms with Crippen LogP contribution in [0.3, 0.4) is 0 Å². The molecule has 1 aromatic heterocycles. The van der Waals surface area contributed by atoms with Gasteiger partial charge in [-0.15, -0.1) is 10.2 Å². The molecule has 4 N–H and O–H groups in total. The molecule has 0 bridgehead atoms. The zero-order chi connectivity index (χ0) is 22.0. The predicted octanol–water partition coefficient (Wildman–Crippen LogP) is -0.0711. The molecule has 2 aliphatic rings. The van der Waals surface area contributed by atoms with Gasteiger partial charge >= 0.3 is 5.91 Å². The largest absolute Gasteiger partial charge is 0.500 e. The van der Waals surface area contributed by atoms with Crippen LogP contribution in [0, 0.1) is 5.82 Å². The highest BCUT2D eigenvalue weighted by Gasteiger charge is 2.38. The quantitative estimate of drug-likeness (QED) is 0.588. The Kier molecular flexibility index (Phi) is 6.18. The van der Waals surface area contributed by atoms with Gasteiger partial charge in [-0.2, -0.15) is 0 Å². The zero-order valence-electron chi connectivity index (χ0n) is 16.7. The van der Waals surface area contributed by atoms with Crippen LogP contribution in [0.25, 0.3) is 5.57 Å². The normalized spacial score (nSPS) is 19.5. The van der Waals surface area contributed by atoms with Crippen LogP contribution in [0.5, 0.6) is 0 Å². The number of allylic oxidation sites excluding steroid dienone is 1. The van der Waals surface area contributed by atoms with Crippen molar-refractivity contribution < 1.29 is 29.1 Å². The predicted molar refractivity (Wildman–Crippen MR) is 109 cm³/mol. The highest BCUT2D eigenvalue weighted by atomic mass is 32.1. The number of amides is 1. The molecular formula is C20H21FN5O4S+. The molecule has 9 nitrogen and oxygen atoms in total. The average Bonchev–Trinajstić information content (AvgIpc) is 3.24. The van der Waals surface area contributed by atoms with Gasteiger partial charge in [-0.25, -0.2) is 4.39 Å². The van der Waals surface area contributed by atoms with Crippen molar-refractivity contribution in [2.75, 3.05) is 26.8 Å². The number of benzene rings is 1. The van der Waals surface area contributed by atoms with E-state index >= 15 is 0 Å². The molecule has 1 aromatic carbocycles. The summed E-state index contributed by atoms with van der Waals surface area (Å²) in [4.78, 5) is 27.2. The van der Waals surface area contributed by atoms with E-state index in [1.165, 1.54) is 39.9 Å². The summed E-state index contributed by atoms with van der Waals surface area (Å²) in [7, 11) is 1.71. The SMILES string of the molecule is CNC1COCCN1C(=O)C1=C(O)C(=O)C(c2nnc(Cc3ccc(F)cc3)s2)=C[NH2+]1. The molecule has 0 saturated carbocycles. The van der Waals surface area contributed by atoms with Crippen molar-refractivity contribution in [2.24, 2.45) is 0 Å². The molecule has 1 amide bonds. The lowest BCUT2D eigenvalue weighted by molar-refractivity contribution is -0.531. The number of quaternary nitrogens is 1. The standard InChI is InChI=1S/C20H20FN5O4S/c1-22-14-10-30-7-6-26(14)20(29)16-18(28)17(27)13(9-23-16)19-25-24-15(31-19)8-11-2-4-12(21)5-3-11/h2-5,9,14,22,28H,6-8,10H2,1H3,(H,23,27)/p+1. The van der Waals surface area contributed by atoms with Gasteiger partial charge in [0.2, 0.25) is 17.2 Å². The van der Waals surface area contributed by atoms with Crippen LogP contribution in [0.1, 0.15) is 15.6 Å². The molecule has 3 heterocycles. The summed E-state index contributed by atoms with van der Waals surface area (Å²) in [5, 5.41) is 24.0. The van der Waals surface area contributed by atoms with Gasteiger partial charge in [0.15, 0.2) is 5.01 Å². The van der Waals surface area contributed by atoms with Crippen LogP contribution < -0.4 is 10.6 Å². The molecule has 162 valence electrons. The van der Waals surface area contributed by atoms with Crippen molar-refractivity contribution in [3.8, 4) is 0 Å². The molecule has 0 radical (unpaired) electrons. The second-order valence-corrected chi connectivity index (χ2v) is 8.08. The smallest absolute Gasteiger partial charge is 0.313 e. The van der Waals surface area contributed by atoms with Crippen molar-refractivity contribution >= 4 is 28.6 Å². The van der Waals surface area contributed by atoms with Gasteiger partial charge in [-0.3, -0.25) is 20.2 Å². The number of carbonyl (C=O) groups excluding carboxylic acids is 2. The fraction of sp³-hybridized carbons (Fsp3) is 0.300. The lowest BCUT2D eigenvalue weighted by atomic mass is 10.1. The lowest BCUT2D eigenvalue weighted by Gasteiger charge is -2.35. The number of likely N-dealkylation sites (N-methyl/N-ethyl adjacent to an activating group) is 1. The van der Waals surface area contributed by atoms with Crippen LogP contribution in [0.4, 0.5) is 4.39 Å². The first-order valence-corrected chi connectivity index (χ1v) is 10.5. The minimum atomic E-state index is -0.676. The Morgan fingerprint density at radius 3 is 2.90 bits per heavy atom. The number of aliphatic hydroxyl groups excluding tert-OH is 1. The Morgan fingerprint density at radius 2 is 2.16 bits per heavy atom. The summed E-state index contributed by atoms with van der Waals surface area (Å²) >= 11 is 1.21. The van der Waals surface area contributed by atoms with Crippen molar-refractivity contribution in [3.63, 3.8) is 0 Å². The first kappa shape index (κ1) is 21.2. The second-order valence-electron chi connectivity index (χ2n) is 7.02. The fourth-order valence-electron chi connectivity index (χ4n) is 3.36. The number of halogens is 1. The van der Waals surface area contributed by atoms with Crippen molar-refractivity contribution in [1.29, 1.82) is 0 Å². The number of Topliss-reactive ketones (excluding diaryl/α,β-unsaturated/α-hetero) is 1. The summed E-state index contributed by atoms with van der Waals surface area (Å²) in [5.41, 5.74) is 0.968. The summed E-state index contributed by atoms with van der Waals surface area (Å²) in [6.07, 6.45) is 1.58. The van der Waals surface area contributed by atoms with Gasteiger partial charge in [0.1, 0.15) is 28.8 Å². The van der Waals surface area contributed by atoms with Crippen LogP contribution in [-0.2, 0) is 20.7 Å². The monoisotopic (exact) mass is 446 g/mol. The first-order valence-electron chi connectivity index (χ1n) is 9.64. The number of nitrogens with one attached hydrogen (secondary N) is 1. The number of aliphatic hydroxyl groups is 1. The second kappa shape index (κ2) is 9.02. The Balaban J connectivity index is 1.49. The lowest BCUT2D eigenvalue weighted by Crippen LogP contribution is -2.81. The Morgan fingerprint density at radius 1 is 1.39 bits per heavy atom. The van der Waals surface area contributed by atoms with Gasteiger partial charge in [0.05, 0.1) is 13.2 Å². The number of hydrogen-bond acceptors (Lipinski definition) is 8. The van der Waals surface area contributed by atoms with E-state index in [9.17, 15) is 19.1 Å². The minimum Gasteiger partial charge on any atom is -0.500 e. The number of aromatic nitrogens is 2. The number of rotatable bonds is 5. The van der Waals surface area contributed by atoms with Crippen molar-refractivity contribution in [1.82, 2.24) is 20.4 Å². The van der Waals surface area contributed by atoms with E-state index in [1.54, 1.807) is 19.2 Å². The molecule has 0 aliphatic carbocycles. The molecule has 4 rings (SSSR count). The summed E-state index contributed by atoms with van der Waals surface area (Å²) < 4.78 is 18.4. The zero-order valence-corrected chi connectivity index (χ0v) is 17.5. The molecule has 1 fully saturated rings. The van der Waals surface area contributed by atoms with Gasteiger partial charge in [-0.1, -0.05) is 23.5 Å². The number of ether oxygens (including phenoxy) is 1. The van der Waals surface area contributed by atoms with E-state index in [1.807, 2.05) is 0 Å². The van der Waals surface area contributed by atoms with Crippen LogP contribution in [0.2, 0.25) is 0 Å². The van der Waals surface area contributed by atoms with E-state index in [0.717, 1.165) is 5.56 Å². The number of ketones is 1. The molecule has 1 atom stereocenters. The van der Waals surface area contributed by atoms with Crippen LogP contribution in [-0.4, -0.2) is 64.9 Å². The van der Waals surface area contributed by atoms with E-state index < -0.39 is 17.4 Å². The maximum absolute atomic E-state index is 13.1. The Labute approximate surface area is 181 Å². The van der Waals surface area contributed by atoms with Crippen LogP contribution in [0.15, 0.2) is 41.9 Å². The Bertz CT molecular complexity index is 1070. The third-order valence-electron chi connectivity index (χ3n) is 5.05. The highest BCUT2D eigenvalue weighted by Crippen LogP contribution is 2.25. The number of hydrogen-bond donors (Lipinski definition) is 3. The van der Waals surface area contributed by atoms with E-state index in [2.05, 4.69) is 15.5 Å². The van der Waals surface area contributed by atoms with E-state index in [-0.39, 0.29) is 23.3 Å². The first-order chi connectivity index (χ1) is 15.0. The van der Waals surface area contributed by atoms with Crippen molar-refractivity contribution in [3.05, 3.63) is 63.3 Å². The van der Waals surface area contributed by atoms with Gasteiger partial charge in [-0.05, 0) is 24.7 Å². The fourth-order valence-corrected chi connectivity index (χ4v) is 4.26. The molecule has 2 aromatic rings. The number of nitrogens with two attached hydrogens (primary N) is 1. The average molecular weight is 446 g/mol.